The van der Waals surface area contributed by atoms with Crippen molar-refractivity contribution in [2.75, 3.05) is 13.1 Å². The summed E-state index contributed by atoms with van der Waals surface area (Å²) in [6, 6.07) is 14.4. The molecule has 4 N–H and O–H groups in total. The number of nitrogens with one attached hydrogen (secondary N) is 3. The third-order valence-corrected chi connectivity index (χ3v) is 8.30. The quantitative estimate of drug-likeness (QED) is 0.316. The molecule has 3 aliphatic rings. The maximum Gasteiger partial charge on any atom is 0.255 e. The standard InChI is InChI=1S/C35H39FN4O7/c1-20(2)31-34(44)37-21(3)32(42)38-28(35(45)40-16-14-24(15-17-40)47-30-7-5-4-6-27(30)36)18-22-8-10-23(11-9-22)46-25-12-13-29(41)26(19-25)33(43)39-31/h4-13,19-21,24,28,31,41H,14-18H2,1-3H3,(H,37,44)(H,38,42)(H,39,43)/t21-,28+,31-/m0/s1. The summed E-state index contributed by atoms with van der Waals surface area (Å²) in [5.74, 6) is -2.34. The van der Waals surface area contributed by atoms with Gasteiger partial charge in [0, 0.05) is 32.4 Å². The second kappa shape index (κ2) is 14.5. The maximum atomic E-state index is 14.1. The van der Waals surface area contributed by atoms with Crippen LogP contribution in [0.15, 0.2) is 66.7 Å². The van der Waals surface area contributed by atoms with Crippen LogP contribution in [0.5, 0.6) is 23.0 Å². The number of carbonyl (C=O) groups excluding carboxylic acids is 4. The highest BCUT2D eigenvalue weighted by molar-refractivity contribution is 6.00. The number of phenols is 1. The highest BCUT2D eigenvalue weighted by Gasteiger charge is 2.33. The molecule has 0 radical (unpaired) electrons. The molecule has 6 rings (SSSR count). The Morgan fingerprint density at radius 3 is 2.30 bits per heavy atom. The Bertz CT molecular complexity index is 1620. The SMILES string of the molecule is CC(C)[C@@H]1NC(=O)c2cc(ccc2O)Oc2ccc(cc2)C[C@H](C(=O)N2CCC(Oc3ccccc3F)CC2)NC(=O)[C@H](C)NC1=O. The minimum absolute atomic E-state index is 0.0753. The lowest BCUT2D eigenvalue weighted by molar-refractivity contribution is -0.138. The minimum Gasteiger partial charge on any atom is -0.507 e. The van der Waals surface area contributed by atoms with Gasteiger partial charge in [-0.1, -0.05) is 38.1 Å². The lowest BCUT2D eigenvalue weighted by atomic mass is 10.0. The molecule has 0 aromatic heterocycles. The molecule has 248 valence electrons. The third-order valence-electron chi connectivity index (χ3n) is 8.30. The molecule has 0 unspecified atom stereocenters. The summed E-state index contributed by atoms with van der Waals surface area (Å²) < 4.78 is 25.9. The molecule has 0 spiro atoms. The van der Waals surface area contributed by atoms with Crippen molar-refractivity contribution in [3.05, 3.63) is 83.7 Å². The first-order chi connectivity index (χ1) is 22.5. The molecule has 3 heterocycles. The lowest BCUT2D eigenvalue weighted by Gasteiger charge is -2.35. The second-order valence-electron chi connectivity index (χ2n) is 12.2. The summed E-state index contributed by atoms with van der Waals surface area (Å²) in [6.07, 6.45) is 0.879. The molecule has 0 saturated carbocycles. The van der Waals surface area contributed by atoms with E-state index in [1.54, 1.807) is 61.2 Å². The van der Waals surface area contributed by atoms with Crippen LogP contribution in [0.2, 0.25) is 0 Å². The molecule has 3 aliphatic heterocycles. The Morgan fingerprint density at radius 1 is 0.936 bits per heavy atom. The highest BCUT2D eigenvalue weighted by Crippen LogP contribution is 2.28. The van der Waals surface area contributed by atoms with Crippen LogP contribution in [-0.2, 0) is 20.8 Å². The number of piperidine rings is 1. The van der Waals surface area contributed by atoms with Crippen molar-refractivity contribution >= 4 is 23.6 Å². The first-order valence-electron chi connectivity index (χ1n) is 15.7. The Balaban J connectivity index is 1.37. The van der Waals surface area contributed by atoms with Crippen molar-refractivity contribution in [2.24, 2.45) is 5.92 Å². The second-order valence-corrected chi connectivity index (χ2v) is 12.2. The molecular formula is C35H39FN4O7. The predicted octanol–water partition coefficient (Wildman–Crippen LogP) is 3.69. The monoisotopic (exact) mass is 646 g/mol. The molecule has 4 amide bonds. The Hall–Kier alpha value is -5.13. The average Bonchev–Trinajstić information content (AvgIpc) is 3.05. The van der Waals surface area contributed by atoms with E-state index in [-0.39, 0.29) is 41.4 Å². The molecule has 1 fully saturated rings. The van der Waals surface area contributed by atoms with Gasteiger partial charge < -0.3 is 35.4 Å². The molecule has 47 heavy (non-hydrogen) atoms. The van der Waals surface area contributed by atoms with Gasteiger partial charge in [-0.2, -0.15) is 0 Å². The lowest BCUT2D eigenvalue weighted by Crippen LogP contribution is -2.58. The number of phenolic OH excluding ortho intramolecular Hbond substituents is 1. The zero-order valence-corrected chi connectivity index (χ0v) is 26.5. The third kappa shape index (κ3) is 8.18. The smallest absolute Gasteiger partial charge is 0.255 e. The molecule has 12 heteroatoms. The van der Waals surface area contributed by atoms with Gasteiger partial charge in [-0.25, -0.2) is 4.39 Å². The maximum absolute atomic E-state index is 14.1. The summed E-state index contributed by atoms with van der Waals surface area (Å²) in [5.41, 5.74) is 0.672. The number of carbonyl (C=O) groups is 4. The number of rotatable bonds is 4. The summed E-state index contributed by atoms with van der Waals surface area (Å²) in [5, 5.41) is 18.5. The van der Waals surface area contributed by atoms with Crippen LogP contribution in [0.3, 0.4) is 0 Å². The van der Waals surface area contributed by atoms with E-state index in [9.17, 15) is 28.7 Å². The van der Waals surface area contributed by atoms with Gasteiger partial charge in [-0.3, -0.25) is 19.2 Å². The number of halogens is 1. The number of fused-ring (bicyclic) bond motifs is 11. The number of hydrogen-bond donors (Lipinski definition) is 4. The number of nitrogens with zero attached hydrogens (tertiary/aromatic N) is 1. The van der Waals surface area contributed by atoms with Crippen molar-refractivity contribution in [3.63, 3.8) is 0 Å². The zero-order chi connectivity index (χ0) is 33.7. The fourth-order valence-corrected chi connectivity index (χ4v) is 5.58. The Kier molecular flexibility index (Phi) is 10.3. The van der Waals surface area contributed by atoms with Crippen molar-refractivity contribution in [1.29, 1.82) is 0 Å². The van der Waals surface area contributed by atoms with Gasteiger partial charge in [0.15, 0.2) is 11.6 Å². The first kappa shape index (κ1) is 33.2. The number of para-hydroxylation sites is 1. The highest BCUT2D eigenvalue weighted by atomic mass is 19.1. The van der Waals surface area contributed by atoms with Crippen molar-refractivity contribution < 1.29 is 38.1 Å². The summed E-state index contributed by atoms with van der Waals surface area (Å²) in [4.78, 5) is 55.4. The largest absolute Gasteiger partial charge is 0.507 e. The van der Waals surface area contributed by atoms with Crippen LogP contribution in [0.25, 0.3) is 0 Å². The predicted molar refractivity (Wildman–Crippen MR) is 171 cm³/mol. The molecule has 3 aromatic carbocycles. The summed E-state index contributed by atoms with van der Waals surface area (Å²) in [7, 11) is 0. The molecular weight excluding hydrogens is 607 g/mol. The van der Waals surface area contributed by atoms with E-state index in [0.717, 1.165) is 5.56 Å². The van der Waals surface area contributed by atoms with Gasteiger partial charge in [0.05, 0.1) is 5.56 Å². The van der Waals surface area contributed by atoms with Gasteiger partial charge in [-0.05, 0) is 60.9 Å². The molecule has 0 aliphatic carbocycles. The number of benzene rings is 3. The number of hydrogen-bond acceptors (Lipinski definition) is 7. The topological polar surface area (TPSA) is 146 Å². The normalized spacial score (nSPS) is 21.2. The fourth-order valence-electron chi connectivity index (χ4n) is 5.58. The number of ether oxygens (including phenoxy) is 2. The van der Waals surface area contributed by atoms with E-state index >= 15 is 0 Å². The van der Waals surface area contributed by atoms with E-state index in [4.69, 9.17) is 9.47 Å². The van der Waals surface area contributed by atoms with Crippen LogP contribution < -0.4 is 25.4 Å². The van der Waals surface area contributed by atoms with Gasteiger partial charge in [-0.15, -0.1) is 0 Å². The fraction of sp³-hybridized carbons (Fsp3) is 0.371. The van der Waals surface area contributed by atoms with Crippen LogP contribution in [0.1, 0.15) is 49.5 Å². The van der Waals surface area contributed by atoms with Crippen molar-refractivity contribution in [3.8, 4) is 23.0 Å². The van der Waals surface area contributed by atoms with E-state index in [1.807, 2.05) is 0 Å². The van der Waals surface area contributed by atoms with Crippen LogP contribution >= 0.6 is 0 Å². The molecule has 1 saturated heterocycles. The summed E-state index contributed by atoms with van der Waals surface area (Å²) >= 11 is 0. The van der Waals surface area contributed by atoms with E-state index < -0.39 is 41.7 Å². The zero-order valence-electron chi connectivity index (χ0n) is 26.5. The number of aromatic hydroxyl groups is 1. The average molecular weight is 647 g/mol. The van der Waals surface area contributed by atoms with Crippen LogP contribution in [0, 0.1) is 11.7 Å². The number of likely N-dealkylation sites (tertiary alicyclic amines) is 1. The minimum atomic E-state index is -1.04. The van der Waals surface area contributed by atoms with Gasteiger partial charge in [0.1, 0.15) is 41.5 Å². The van der Waals surface area contributed by atoms with Gasteiger partial charge in [0.2, 0.25) is 17.7 Å². The molecule has 11 nitrogen and oxygen atoms in total. The van der Waals surface area contributed by atoms with Crippen molar-refractivity contribution in [2.45, 2.75) is 64.3 Å². The Morgan fingerprint density at radius 2 is 1.62 bits per heavy atom. The van der Waals surface area contributed by atoms with E-state index in [1.165, 1.54) is 31.2 Å². The van der Waals surface area contributed by atoms with Gasteiger partial charge in [0.25, 0.3) is 5.91 Å². The molecule has 3 atom stereocenters. The van der Waals surface area contributed by atoms with E-state index in [2.05, 4.69) is 16.0 Å². The van der Waals surface area contributed by atoms with Crippen molar-refractivity contribution in [1.82, 2.24) is 20.9 Å². The summed E-state index contributed by atoms with van der Waals surface area (Å²) in [6.45, 7) is 5.69. The molecule has 3 aromatic rings. The van der Waals surface area contributed by atoms with Crippen LogP contribution in [-0.4, -0.2) is 71.0 Å². The van der Waals surface area contributed by atoms with Crippen LogP contribution in [0.4, 0.5) is 4.39 Å². The Labute approximate surface area is 272 Å². The van der Waals surface area contributed by atoms with Gasteiger partial charge >= 0.3 is 0 Å². The van der Waals surface area contributed by atoms with E-state index in [0.29, 0.717) is 37.4 Å². The number of amides is 4. The molecule has 4 bridgehead atoms. The first-order valence-corrected chi connectivity index (χ1v) is 15.7.